The monoisotopic (exact) mass is 260 g/mol. The Morgan fingerprint density at radius 2 is 2.11 bits per heavy atom. The lowest BCUT2D eigenvalue weighted by atomic mass is 10.0. The molecule has 3 rings (SSSR count). The third-order valence-electron chi connectivity index (χ3n) is 3.60. The number of rotatable bonds is 2. The number of benzene rings is 1. The molecule has 0 N–H and O–H groups in total. The molecule has 0 saturated heterocycles. The Kier molecular flexibility index (Phi) is 3.13. The second kappa shape index (κ2) is 4.77. The van der Waals surface area contributed by atoms with Crippen LogP contribution >= 0.6 is 11.6 Å². The first kappa shape index (κ1) is 11.8. The fraction of sp³-hybridized carbons (Fsp3) is 0.400. The van der Waals surface area contributed by atoms with E-state index < -0.39 is 0 Å². The van der Waals surface area contributed by atoms with Crippen molar-refractivity contribution in [2.24, 2.45) is 5.92 Å². The van der Waals surface area contributed by atoms with Crippen molar-refractivity contribution in [1.29, 1.82) is 0 Å². The average molecular weight is 261 g/mol. The molecule has 1 aromatic heterocycles. The van der Waals surface area contributed by atoms with Crippen LogP contribution in [-0.4, -0.2) is 9.55 Å². The molecule has 1 unspecified atom stereocenters. The first-order valence-electron chi connectivity index (χ1n) is 6.50. The van der Waals surface area contributed by atoms with E-state index in [0.29, 0.717) is 0 Å². The van der Waals surface area contributed by atoms with Gasteiger partial charge in [0.2, 0.25) is 0 Å². The van der Waals surface area contributed by atoms with Crippen LogP contribution in [0.2, 0.25) is 5.02 Å². The predicted molar refractivity (Wildman–Crippen MR) is 74.0 cm³/mol. The number of fused-ring (bicyclic) bond motifs is 1. The highest BCUT2D eigenvalue weighted by atomic mass is 35.5. The fourth-order valence-corrected chi connectivity index (χ4v) is 2.67. The summed E-state index contributed by atoms with van der Waals surface area (Å²) in [5.41, 5.74) is 2.43. The minimum Gasteiger partial charge on any atom is -0.335 e. The quantitative estimate of drug-likeness (QED) is 0.805. The van der Waals surface area contributed by atoms with Gasteiger partial charge in [-0.15, -0.1) is 0 Å². The SMILES string of the molecule is CC1CCn2cc(Cc3ccc(Cl)cc3)nc2C1. The summed E-state index contributed by atoms with van der Waals surface area (Å²) in [6.45, 7) is 3.42. The molecule has 1 aliphatic rings. The minimum absolute atomic E-state index is 0.767. The first-order valence-corrected chi connectivity index (χ1v) is 6.88. The molecule has 2 nitrogen and oxygen atoms in total. The van der Waals surface area contributed by atoms with Crippen molar-refractivity contribution >= 4 is 11.6 Å². The molecular weight excluding hydrogens is 244 g/mol. The van der Waals surface area contributed by atoms with Crippen molar-refractivity contribution in [3.63, 3.8) is 0 Å². The van der Waals surface area contributed by atoms with E-state index in [1.54, 1.807) is 0 Å². The van der Waals surface area contributed by atoms with Crippen LogP contribution in [0.5, 0.6) is 0 Å². The maximum Gasteiger partial charge on any atom is 0.109 e. The number of imidazole rings is 1. The molecule has 1 aromatic carbocycles. The summed E-state index contributed by atoms with van der Waals surface area (Å²) in [7, 11) is 0. The van der Waals surface area contributed by atoms with Gasteiger partial charge in [-0.25, -0.2) is 4.98 Å². The van der Waals surface area contributed by atoms with Crippen molar-refractivity contribution in [3.05, 3.63) is 52.6 Å². The Bertz CT molecular complexity index is 542. The zero-order chi connectivity index (χ0) is 12.5. The van der Waals surface area contributed by atoms with Gasteiger partial charge in [0.25, 0.3) is 0 Å². The second-order valence-corrected chi connectivity index (χ2v) is 5.68. The van der Waals surface area contributed by atoms with Gasteiger partial charge in [-0.05, 0) is 30.0 Å². The molecule has 18 heavy (non-hydrogen) atoms. The summed E-state index contributed by atoms with van der Waals surface area (Å²) in [4.78, 5) is 4.75. The topological polar surface area (TPSA) is 17.8 Å². The summed E-state index contributed by atoms with van der Waals surface area (Å²) >= 11 is 5.89. The summed E-state index contributed by atoms with van der Waals surface area (Å²) in [5, 5.41) is 0.789. The van der Waals surface area contributed by atoms with Crippen LogP contribution in [0.4, 0.5) is 0 Å². The van der Waals surface area contributed by atoms with E-state index in [-0.39, 0.29) is 0 Å². The lowest BCUT2D eigenvalue weighted by Crippen LogP contribution is -2.16. The number of hydrogen-bond acceptors (Lipinski definition) is 1. The molecular formula is C15H17ClN2. The molecule has 94 valence electrons. The van der Waals surface area contributed by atoms with Crippen LogP contribution in [0, 0.1) is 5.92 Å². The summed E-state index contributed by atoms with van der Waals surface area (Å²) < 4.78 is 2.31. The van der Waals surface area contributed by atoms with Gasteiger partial charge in [-0.3, -0.25) is 0 Å². The maximum absolute atomic E-state index is 5.89. The molecule has 2 heterocycles. The van der Waals surface area contributed by atoms with E-state index in [1.165, 1.54) is 23.5 Å². The Labute approximate surface area is 113 Å². The van der Waals surface area contributed by atoms with E-state index in [4.69, 9.17) is 16.6 Å². The Morgan fingerprint density at radius 1 is 1.33 bits per heavy atom. The molecule has 0 amide bonds. The lowest BCUT2D eigenvalue weighted by molar-refractivity contribution is 0.409. The molecule has 0 aliphatic carbocycles. The van der Waals surface area contributed by atoms with Gasteiger partial charge in [0.1, 0.15) is 5.82 Å². The largest absolute Gasteiger partial charge is 0.335 e. The summed E-state index contributed by atoms with van der Waals surface area (Å²) in [6, 6.07) is 8.02. The molecule has 0 bridgehead atoms. The summed E-state index contributed by atoms with van der Waals surface area (Å²) in [6.07, 6.45) is 5.48. The van der Waals surface area contributed by atoms with Gasteiger partial charge in [-0.2, -0.15) is 0 Å². The fourth-order valence-electron chi connectivity index (χ4n) is 2.54. The molecule has 0 spiro atoms. The van der Waals surface area contributed by atoms with Gasteiger partial charge in [0.05, 0.1) is 5.69 Å². The van der Waals surface area contributed by atoms with Crippen molar-refractivity contribution < 1.29 is 0 Å². The van der Waals surface area contributed by atoms with Gasteiger partial charge < -0.3 is 4.57 Å². The maximum atomic E-state index is 5.89. The van der Waals surface area contributed by atoms with E-state index in [0.717, 1.165) is 30.3 Å². The Hall–Kier alpha value is -1.28. The van der Waals surface area contributed by atoms with Gasteiger partial charge in [0.15, 0.2) is 0 Å². The van der Waals surface area contributed by atoms with E-state index in [9.17, 15) is 0 Å². The van der Waals surface area contributed by atoms with Gasteiger partial charge in [-0.1, -0.05) is 30.7 Å². The van der Waals surface area contributed by atoms with E-state index in [1.807, 2.05) is 12.1 Å². The van der Waals surface area contributed by atoms with Crippen molar-refractivity contribution in [1.82, 2.24) is 9.55 Å². The van der Waals surface area contributed by atoms with Crippen molar-refractivity contribution in [2.75, 3.05) is 0 Å². The molecule has 0 radical (unpaired) electrons. The third kappa shape index (κ3) is 2.44. The highest BCUT2D eigenvalue weighted by Crippen LogP contribution is 2.21. The van der Waals surface area contributed by atoms with Crippen LogP contribution < -0.4 is 0 Å². The highest BCUT2D eigenvalue weighted by Gasteiger charge is 2.17. The van der Waals surface area contributed by atoms with Crippen LogP contribution in [-0.2, 0) is 19.4 Å². The number of halogens is 1. The smallest absolute Gasteiger partial charge is 0.109 e. The average Bonchev–Trinajstić information content (AvgIpc) is 2.73. The first-order chi connectivity index (χ1) is 8.70. The summed E-state index contributed by atoms with van der Waals surface area (Å²) in [5.74, 6) is 2.01. The van der Waals surface area contributed by atoms with Crippen LogP contribution in [0.15, 0.2) is 30.5 Å². The number of hydrogen-bond donors (Lipinski definition) is 0. The molecule has 0 fully saturated rings. The normalized spacial score (nSPS) is 18.7. The zero-order valence-electron chi connectivity index (χ0n) is 10.6. The molecule has 0 saturated carbocycles. The standard InChI is InChI=1S/C15H17ClN2/c1-11-6-7-18-10-14(17-15(18)8-11)9-12-2-4-13(16)5-3-12/h2-5,10-11H,6-9H2,1H3. The van der Waals surface area contributed by atoms with Gasteiger partial charge in [0, 0.05) is 30.6 Å². The Balaban J connectivity index is 1.79. The second-order valence-electron chi connectivity index (χ2n) is 5.24. The zero-order valence-corrected chi connectivity index (χ0v) is 11.3. The van der Waals surface area contributed by atoms with E-state index in [2.05, 4.69) is 29.8 Å². The number of aromatic nitrogens is 2. The highest BCUT2D eigenvalue weighted by molar-refractivity contribution is 6.30. The molecule has 1 atom stereocenters. The van der Waals surface area contributed by atoms with Crippen LogP contribution in [0.3, 0.4) is 0 Å². The Morgan fingerprint density at radius 3 is 2.89 bits per heavy atom. The molecule has 2 aromatic rings. The lowest BCUT2D eigenvalue weighted by Gasteiger charge is -2.18. The van der Waals surface area contributed by atoms with Crippen molar-refractivity contribution in [2.45, 2.75) is 32.7 Å². The number of aryl methyl sites for hydroxylation is 1. The van der Waals surface area contributed by atoms with Crippen LogP contribution in [0.25, 0.3) is 0 Å². The number of nitrogens with zero attached hydrogens (tertiary/aromatic N) is 2. The minimum atomic E-state index is 0.767. The van der Waals surface area contributed by atoms with E-state index >= 15 is 0 Å². The van der Waals surface area contributed by atoms with Crippen LogP contribution in [0.1, 0.15) is 30.4 Å². The predicted octanol–water partition coefficient (Wildman–Crippen LogP) is 3.71. The van der Waals surface area contributed by atoms with Crippen molar-refractivity contribution in [3.8, 4) is 0 Å². The third-order valence-corrected chi connectivity index (χ3v) is 3.85. The molecule has 1 aliphatic heterocycles. The van der Waals surface area contributed by atoms with Gasteiger partial charge >= 0.3 is 0 Å². The molecule has 3 heteroatoms.